The molecule has 2 heteroatoms. The van der Waals surface area contributed by atoms with Gasteiger partial charge < -0.3 is 10.1 Å². The standard InChI is InChI=1S/C13H25NO/c1-3-4-5-7-12(2)14-10-13-8-6-9-15-11-13/h8,12,14H,3-7,9-11H2,1-2H3. The van der Waals surface area contributed by atoms with Gasteiger partial charge in [-0.25, -0.2) is 0 Å². The molecule has 1 aliphatic rings. The predicted molar refractivity (Wildman–Crippen MR) is 65.1 cm³/mol. The molecule has 0 aromatic carbocycles. The predicted octanol–water partition coefficient (Wildman–Crippen LogP) is 2.89. The minimum Gasteiger partial charge on any atom is -0.377 e. The number of unbranched alkanes of at least 4 members (excludes halogenated alkanes) is 2. The lowest BCUT2D eigenvalue weighted by molar-refractivity contribution is 0.148. The van der Waals surface area contributed by atoms with Gasteiger partial charge in [-0.1, -0.05) is 32.3 Å². The second-order valence-corrected chi connectivity index (χ2v) is 4.48. The van der Waals surface area contributed by atoms with Crippen molar-refractivity contribution in [3.05, 3.63) is 11.6 Å². The van der Waals surface area contributed by atoms with Gasteiger partial charge in [0.2, 0.25) is 0 Å². The fourth-order valence-corrected chi connectivity index (χ4v) is 1.84. The average Bonchev–Trinajstić information content (AvgIpc) is 2.28. The molecule has 0 spiro atoms. The summed E-state index contributed by atoms with van der Waals surface area (Å²) in [5.74, 6) is 0. The minimum atomic E-state index is 0.638. The lowest BCUT2D eigenvalue weighted by Crippen LogP contribution is -2.29. The van der Waals surface area contributed by atoms with E-state index in [2.05, 4.69) is 25.2 Å². The quantitative estimate of drug-likeness (QED) is 0.516. The summed E-state index contributed by atoms with van der Waals surface area (Å²) in [7, 11) is 0. The van der Waals surface area contributed by atoms with E-state index in [4.69, 9.17) is 4.74 Å². The highest BCUT2D eigenvalue weighted by molar-refractivity contribution is 5.06. The summed E-state index contributed by atoms with van der Waals surface area (Å²) in [6.45, 7) is 7.26. The van der Waals surface area contributed by atoms with Crippen LogP contribution in [0, 0.1) is 0 Å². The van der Waals surface area contributed by atoms with E-state index in [9.17, 15) is 0 Å². The minimum absolute atomic E-state index is 0.638. The van der Waals surface area contributed by atoms with Crippen LogP contribution < -0.4 is 5.32 Å². The van der Waals surface area contributed by atoms with Crippen molar-refractivity contribution in [2.45, 2.75) is 52.0 Å². The summed E-state index contributed by atoms with van der Waals surface area (Å²) in [5.41, 5.74) is 1.42. The molecule has 1 unspecified atom stereocenters. The van der Waals surface area contributed by atoms with E-state index >= 15 is 0 Å². The Balaban J connectivity index is 2.05. The summed E-state index contributed by atoms with van der Waals surface area (Å²) in [6, 6.07) is 0.638. The van der Waals surface area contributed by atoms with Gasteiger partial charge in [0.15, 0.2) is 0 Å². The van der Waals surface area contributed by atoms with Gasteiger partial charge in [0.05, 0.1) is 13.2 Å². The second kappa shape index (κ2) is 7.89. The number of nitrogens with one attached hydrogen (secondary N) is 1. The van der Waals surface area contributed by atoms with E-state index in [0.717, 1.165) is 26.2 Å². The number of hydrogen-bond acceptors (Lipinski definition) is 2. The molecule has 0 radical (unpaired) electrons. The molecular weight excluding hydrogens is 186 g/mol. The molecule has 0 saturated carbocycles. The van der Waals surface area contributed by atoms with Crippen LogP contribution >= 0.6 is 0 Å². The third kappa shape index (κ3) is 5.95. The van der Waals surface area contributed by atoms with Crippen LogP contribution in [0.25, 0.3) is 0 Å². The van der Waals surface area contributed by atoms with Crippen LogP contribution in [0.15, 0.2) is 11.6 Å². The lowest BCUT2D eigenvalue weighted by Gasteiger charge is -2.18. The first-order valence-corrected chi connectivity index (χ1v) is 6.32. The molecule has 0 aromatic rings. The van der Waals surface area contributed by atoms with E-state index in [0.29, 0.717) is 6.04 Å². The van der Waals surface area contributed by atoms with Crippen molar-refractivity contribution in [2.75, 3.05) is 19.8 Å². The molecule has 1 N–H and O–H groups in total. The van der Waals surface area contributed by atoms with Gasteiger partial charge in [0.25, 0.3) is 0 Å². The van der Waals surface area contributed by atoms with Gasteiger partial charge in [-0.3, -0.25) is 0 Å². The van der Waals surface area contributed by atoms with E-state index < -0.39 is 0 Å². The van der Waals surface area contributed by atoms with E-state index in [-0.39, 0.29) is 0 Å². The van der Waals surface area contributed by atoms with Crippen LogP contribution in [0.3, 0.4) is 0 Å². The molecule has 0 aromatic heterocycles. The number of ether oxygens (including phenoxy) is 1. The highest BCUT2D eigenvalue weighted by Gasteiger charge is 2.05. The zero-order valence-corrected chi connectivity index (χ0v) is 10.2. The fourth-order valence-electron chi connectivity index (χ4n) is 1.84. The summed E-state index contributed by atoms with van der Waals surface area (Å²) in [4.78, 5) is 0. The summed E-state index contributed by atoms with van der Waals surface area (Å²) in [5, 5.41) is 3.56. The fraction of sp³-hybridized carbons (Fsp3) is 0.846. The summed E-state index contributed by atoms with van der Waals surface area (Å²) < 4.78 is 5.40. The normalized spacial score (nSPS) is 18.7. The molecule has 1 heterocycles. The van der Waals surface area contributed by atoms with Crippen LogP contribution in [-0.4, -0.2) is 25.8 Å². The third-order valence-corrected chi connectivity index (χ3v) is 2.90. The lowest BCUT2D eigenvalue weighted by atomic mass is 10.1. The van der Waals surface area contributed by atoms with Gasteiger partial charge >= 0.3 is 0 Å². The zero-order chi connectivity index (χ0) is 10.9. The Kier molecular flexibility index (Phi) is 6.69. The Bertz CT molecular complexity index is 189. The Morgan fingerprint density at radius 1 is 1.47 bits per heavy atom. The molecular formula is C13H25NO. The molecule has 1 atom stereocenters. The molecule has 1 aliphatic heterocycles. The largest absolute Gasteiger partial charge is 0.377 e. The van der Waals surface area contributed by atoms with Gasteiger partial charge in [0.1, 0.15) is 0 Å². The van der Waals surface area contributed by atoms with Crippen molar-refractivity contribution in [3.8, 4) is 0 Å². The van der Waals surface area contributed by atoms with Gasteiger partial charge in [-0.15, -0.1) is 0 Å². The van der Waals surface area contributed by atoms with Crippen LogP contribution in [0.5, 0.6) is 0 Å². The Labute approximate surface area is 94.1 Å². The first-order chi connectivity index (χ1) is 7.33. The average molecular weight is 211 g/mol. The Morgan fingerprint density at radius 2 is 2.33 bits per heavy atom. The van der Waals surface area contributed by atoms with Crippen molar-refractivity contribution in [1.82, 2.24) is 5.32 Å². The maximum Gasteiger partial charge on any atom is 0.0689 e. The molecule has 15 heavy (non-hydrogen) atoms. The van der Waals surface area contributed by atoms with Crippen molar-refractivity contribution in [3.63, 3.8) is 0 Å². The third-order valence-electron chi connectivity index (χ3n) is 2.90. The molecule has 0 fully saturated rings. The van der Waals surface area contributed by atoms with Crippen molar-refractivity contribution >= 4 is 0 Å². The highest BCUT2D eigenvalue weighted by Crippen LogP contribution is 2.06. The maximum absolute atomic E-state index is 5.40. The monoisotopic (exact) mass is 211 g/mol. The molecule has 2 nitrogen and oxygen atoms in total. The van der Waals surface area contributed by atoms with Gasteiger partial charge in [-0.05, 0) is 25.3 Å². The van der Waals surface area contributed by atoms with Crippen molar-refractivity contribution in [1.29, 1.82) is 0 Å². The second-order valence-electron chi connectivity index (χ2n) is 4.48. The molecule has 1 rings (SSSR count). The summed E-state index contributed by atoms with van der Waals surface area (Å²) in [6.07, 6.45) is 8.71. The molecule has 0 aliphatic carbocycles. The highest BCUT2D eigenvalue weighted by atomic mass is 16.5. The number of rotatable bonds is 7. The molecule has 88 valence electrons. The number of hydrogen-bond donors (Lipinski definition) is 1. The smallest absolute Gasteiger partial charge is 0.0689 e. The van der Waals surface area contributed by atoms with Crippen molar-refractivity contribution < 1.29 is 4.74 Å². The van der Waals surface area contributed by atoms with Crippen molar-refractivity contribution in [2.24, 2.45) is 0 Å². The van der Waals surface area contributed by atoms with E-state index in [1.165, 1.54) is 31.3 Å². The molecule has 0 saturated heterocycles. The Hall–Kier alpha value is -0.340. The van der Waals surface area contributed by atoms with E-state index in [1.54, 1.807) is 0 Å². The first kappa shape index (κ1) is 12.7. The first-order valence-electron chi connectivity index (χ1n) is 6.32. The SMILES string of the molecule is CCCCCC(C)NCC1=CCCOC1. The molecule has 0 amide bonds. The maximum atomic E-state index is 5.40. The van der Waals surface area contributed by atoms with Crippen LogP contribution in [0.1, 0.15) is 46.0 Å². The topological polar surface area (TPSA) is 21.3 Å². The summed E-state index contributed by atoms with van der Waals surface area (Å²) >= 11 is 0. The zero-order valence-electron chi connectivity index (χ0n) is 10.2. The van der Waals surface area contributed by atoms with Crippen LogP contribution in [0.2, 0.25) is 0 Å². The molecule has 0 bridgehead atoms. The van der Waals surface area contributed by atoms with Crippen LogP contribution in [-0.2, 0) is 4.74 Å². The van der Waals surface area contributed by atoms with Gasteiger partial charge in [-0.2, -0.15) is 0 Å². The van der Waals surface area contributed by atoms with E-state index in [1.807, 2.05) is 0 Å². The van der Waals surface area contributed by atoms with Gasteiger partial charge in [0, 0.05) is 12.6 Å². The Morgan fingerprint density at radius 3 is 3.00 bits per heavy atom. The van der Waals surface area contributed by atoms with Crippen LogP contribution in [0.4, 0.5) is 0 Å².